The molecule has 0 bridgehead atoms. The van der Waals surface area contributed by atoms with Gasteiger partial charge in [-0.1, -0.05) is 12.1 Å². The number of rotatable bonds is 4. The summed E-state index contributed by atoms with van der Waals surface area (Å²) in [5.41, 5.74) is 1.91. The Hall–Kier alpha value is -2.53. The van der Waals surface area contributed by atoms with Crippen molar-refractivity contribution in [3.05, 3.63) is 59.2 Å². The lowest BCUT2D eigenvalue weighted by atomic mass is 9.70. The van der Waals surface area contributed by atoms with Crippen LogP contribution in [0.15, 0.2) is 42.5 Å². The Morgan fingerprint density at radius 3 is 2.59 bits per heavy atom. The highest BCUT2D eigenvalue weighted by Crippen LogP contribution is 2.53. The van der Waals surface area contributed by atoms with Gasteiger partial charge >= 0.3 is 5.97 Å². The average molecular weight is 396 g/mol. The van der Waals surface area contributed by atoms with Crippen LogP contribution < -0.4 is 9.47 Å². The first-order valence-corrected chi connectivity index (χ1v) is 10.2. The molecule has 5 nitrogen and oxygen atoms in total. The van der Waals surface area contributed by atoms with Gasteiger partial charge in [0.15, 0.2) is 0 Å². The van der Waals surface area contributed by atoms with Gasteiger partial charge in [0, 0.05) is 17.4 Å². The number of ether oxygens (including phenoxy) is 3. The molecule has 2 aliphatic rings. The number of hydrogen-bond acceptors (Lipinski definition) is 4. The molecular weight excluding hydrogens is 368 g/mol. The lowest BCUT2D eigenvalue weighted by Gasteiger charge is -2.50. The maximum atomic E-state index is 11.5. The molecule has 1 fully saturated rings. The molecule has 1 saturated heterocycles. The van der Waals surface area contributed by atoms with Crippen molar-refractivity contribution >= 4 is 5.97 Å². The van der Waals surface area contributed by atoms with Crippen LogP contribution in [0.25, 0.3) is 0 Å². The fourth-order valence-corrected chi connectivity index (χ4v) is 4.69. The van der Waals surface area contributed by atoms with E-state index in [1.165, 1.54) is 5.56 Å². The predicted molar refractivity (Wildman–Crippen MR) is 110 cm³/mol. The van der Waals surface area contributed by atoms with Crippen LogP contribution in [-0.2, 0) is 4.74 Å². The third kappa shape index (κ3) is 3.60. The lowest BCUT2D eigenvalue weighted by Crippen LogP contribution is -2.50. The summed E-state index contributed by atoms with van der Waals surface area (Å²) in [7, 11) is 0. The van der Waals surface area contributed by atoms with Gasteiger partial charge in [0.2, 0.25) is 0 Å². The highest BCUT2D eigenvalue weighted by atomic mass is 16.5. The Kier molecular flexibility index (Phi) is 5.03. The zero-order valence-corrected chi connectivity index (χ0v) is 17.3. The molecule has 2 heterocycles. The zero-order valence-electron chi connectivity index (χ0n) is 17.3. The van der Waals surface area contributed by atoms with E-state index in [1.54, 1.807) is 18.2 Å². The van der Waals surface area contributed by atoms with Gasteiger partial charge in [-0.05, 0) is 70.0 Å². The van der Waals surface area contributed by atoms with E-state index in [9.17, 15) is 9.90 Å². The topological polar surface area (TPSA) is 65.0 Å². The van der Waals surface area contributed by atoms with Crippen molar-refractivity contribution in [3.63, 3.8) is 0 Å². The van der Waals surface area contributed by atoms with Gasteiger partial charge in [0.1, 0.15) is 17.1 Å². The molecule has 29 heavy (non-hydrogen) atoms. The minimum atomic E-state index is -0.940. The first kappa shape index (κ1) is 19.8. The second-order valence-corrected chi connectivity index (χ2v) is 8.48. The van der Waals surface area contributed by atoms with Gasteiger partial charge in [-0.3, -0.25) is 0 Å². The normalized spacial score (nSPS) is 27.3. The highest BCUT2D eigenvalue weighted by Gasteiger charge is 2.50. The number of carbonyl (C=O) groups is 1. The molecule has 154 valence electrons. The molecule has 1 N–H and O–H groups in total. The minimum Gasteiger partial charge on any atom is -0.494 e. The molecule has 4 atom stereocenters. The van der Waals surface area contributed by atoms with E-state index in [4.69, 9.17) is 14.2 Å². The molecule has 2 aromatic carbocycles. The molecule has 4 rings (SSSR count). The van der Waals surface area contributed by atoms with Crippen molar-refractivity contribution in [2.75, 3.05) is 6.61 Å². The van der Waals surface area contributed by atoms with Gasteiger partial charge in [0.05, 0.1) is 24.4 Å². The van der Waals surface area contributed by atoms with Crippen molar-refractivity contribution in [2.24, 2.45) is 5.92 Å². The van der Waals surface area contributed by atoms with E-state index in [0.29, 0.717) is 12.4 Å². The summed E-state index contributed by atoms with van der Waals surface area (Å²) in [6.07, 6.45) is 0.732. The van der Waals surface area contributed by atoms with E-state index in [2.05, 4.69) is 32.9 Å². The van der Waals surface area contributed by atoms with Crippen molar-refractivity contribution in [2.45, 2.75) is 57.8 Å². The number of carboxylic acid groups (broad SMARTS) is 1. The third-order valence-electron chi connectivity index (χ3n) is 6.25. The number of carboxylic acids is 1. The van der Waals surface area contributed by atoms with E-state index in [-0.39, 0.29) is 29.6 Å². The summed E-state index contributed by atoms with van der Waals surface area (Å²) < 4.78 is 18.4. The van der Waals surface area contributed by atoms with Crippen molar-refractivity contribution < 1.29 is 24.1 Å². The maximum absolute atomic E-state index is 11.5. The SMILES string of the molecule is CCOc1ccc([C@H]2C[C@H]3[C@H](O[C@@H]2C)c2cc(C(=O)O)ccc2OC3(C)C)cc1. The summed E-state index contributed by atoms with van der Waals surface area (Å²) in [4.78, 5) is 11.5. The Bertz CT molecular complexity index is 902. The van der Waals surface area contributed by atoms with Crippen molar-refractivity contribution in [1.29, 1.82) is 0 Å². The zero-order chi connectivity index (χ0) is 20.8. The highest BCUT2D eigenvalue weighted by molar-refractivity contribution is 5.88. The van der Waals surface area contributed by atoms with Crippen LogP contribution in [-0.4, -0.2) is 29.4 Å². The molecule has 5 heteroatoms. The molecular formula is C24H28O5. The molecule has 0 aromatic heterocycles. The second kappa shape index (κ2) is 7.38. The largest absolute Gasteiger partial charge is 0.494 e. The standard InChI is InChI=1S/C24H28O5/c1-5-27-17-9-6-15(7-10-17)18-13-20-22(28-14(18)2)19-12-16(23(25)26)8-11-21(19)29-24(20,3)4/h6-12,14,18,20,22H,5,13H2,1-4H3,(H,25,26)/t14-,18+,20+,22-/m1/s1. The van der Waals surface area contributed by atoms with Crippen LogP contribution in [0, 0.1) is 5.92 Å². The monoisotopic (exact) mass is 396 g/mol. The first-order valence-electron chi connectivity index (χ1n) is 10.2. The van der Waals surface area contributed by atoms with Gasteiger partial charge in [0.25, 0.3) is 0 Å². The molecule has 0 saturated carbocycles. The molecule has 2 aromatic rings. The summed E-state index contributed by atoms with van der Waals surface area (Å²) in [5.74, 6) is 0.999. The Labute approximate surface area is 171 Å². The molecule has 0 spiro atoms. The van der Waals surface area contributed by atoms with E-state index in [0.717, 1.165) is 17.7 Å². The molecule has 2 aliphatic heterocycles. The van der Waals surface area contributed by atoms with Crippen LogP contribution in [0.2, 0.25) is 0 Å². The van der Waals surface area contributed by atoms with E-state index in [1.807, 2.05) is 19.1 Å². The Balaban J connectivity index is 1.66. The summed E-state index contributed by atoms with van der Waals surface area (Å²) in [6.45, 7) is 8.90. The average Bonchev–Trinajstić information content (AvgIpc) is 2.68. The number of aromatic carboxylic acids is 1. The Morgan fingerprint density at radius 1 is 1.21 bits per heavy atom. The molecule has 0 radical (unpaired) electrons. The van der Waals surface area contributed by atoms with Gasteiger partial charge < -0.3 is 19.3 Å². The van der Waals surface area contributed by atoms with E-state index < -0.39 is 11.6 Å². The first-order chi connectivity index (χ1) is 13.8. The number of hydrogen-bond donors (Lipinski definition) is 1. The van der Waals surface area contributed by atoms with Gasteiger partial charge in [-0.2, -0.15) is 0 Å². The molecule has 0 amide bonds. The quantitative estimate of drug-likeness (QED) is 0.769. The Morgan fingerprint density at radius 2 is 1.93 bits per heavy atom. The van der Waals surface area contributed by atoms with Gasteiger partial charge in [-0.15, -0.1) is 0 Å². The van der Waals surface area contributed by atoms with Crippen LogP contribution >= 0.6 is 0 Å². The van der Waals surface area contributed by atoms with Gasteiger partial charge in [-0.25, -0.2) is 4.79 Å². The number of benzene rings is 2. The van der Waals surface area contributed by atoms with E-state index >= 15 is 0 Å². The van der Waals surface area contributed by atoms with Crippen LogP contribution in [0.4, 0.5) is 0 Å². The minimum absolute atomic E-state index is 0.00410. The fourth-order valence-electron chi connectivity index (χ4n) is 4.69. The van der Waals surface area contributed by atoms with Crippen LogP contribution in [0.1, 0.15) is 67.6 Å². The maximum Gasteiger partial charge on any atom is 0.335 e. The summed E-state index contributed by atoms with van der Waals surface area (Å²) in [5, 5.41) is 9.40. The van der Waals surface area contributed by atoms with Crippen molar-refractivity contribution in [3.8, 4) is 11.5 Å². The van der Waals surface area contributed by atoms with Crippen LogP contribution in [0.5, 0.6) is 11.5 Å². The number of fused-ring (bicyclic) bond motifs is 3. The van der Waals surface area contributed by atoms with Crippen molar-refractivity contribution in [1.82, 2.24) is 0 Å². The summed E-state index contributed by atoms with van der Waals surface area (Å²) >= 11 is 0. The lowest BCUT2D eigenvalue weighted by molar-refractivity contribution is -0.153. The molecule has 0 aliphatic carbocycles. The third-order valence-corrected chi connectivity index (χ3v) is 6.25. The summed E-state index contributed by atoms with van der Waals surface area (Å²) in [6, 6.07) is 13.3. The predicted octanol–water partition coefficient (Wildman–Crippen LogP) is 5.20. The van der Waals surface area contributed by atoms with Crippen LogP contribution in [0.3, 0.4) is 0 Å². The smallest absolute Gasteiger partial charge is 0.335 e. The second-order valence-electron chi connectivity index (χ2n) is 8.48. The fraction of sp³-hybridized carbons (Fsp3) is 0.458. The molecule has 0 unspecified atom stereocenters.